The maximum absolute atomic E-state index is 12.5. The Hall–Kier alpha value is -0.820. The normalized spacial score (nSPS) is 34.3. The molecule has 4 nitrogen and oxygen atoms in total. The first kappa shape index (κ1) is 18.0. The van der Waals surface area contributed by atoms with Crippen LogP contribution in [0, 0.1) is 17.3 Å². The molecule has 0 aromatic heterocycles. The highest BCUT2D eigenvalue weighted by Gasteiger charge is 2.60. The summed E-state index contributed by atoms with van der Waals surface area (Å²) in [5, 5.41) is 0. The van der Waals surface area contributed by atoms with Gasteiger partial charge in [0.1, 0.15) is 6.10 Å². The molecule has 0 unspecified atom stereocenters. The number of piperidine rings is 1. The molecule has 0 radical (unpaired) electrons. The molecule has 0 aromatic rings. The van der Waals surface area contributed by atoms with E-state index in [9.17, 15) is 18.0 Å². The summed E-state index contributed by atoms with van der Waals surface area (Å²) >= 11 is 0. The van der Waals surface area contributed by atoms with Crippen LogP contribution in [-0.4, -0.2) is 55.5 Å². The molecule has 3 atom stereocenters. The molecule has 2 aliphatic heterocycles. The number of hydrogen-bond donors (Lipinski definition) is 0. The van der Waals surface area contributed by atoms with Crippen molar-refractivity contribution >= 4 is 5.97 Å². The molecule has 7 heteroatoms. The molecule has 3 aliphatic rings. The van der Waals surface area contributed by atoms with Gasteiger partial charge >= 0.3 is 12.1 Å². The van der Waals surface area contributed by atoms with Crippen molar-refractivity contribution < 1.29 is 27.4 Å². The van der Waals surface area contributed by atoms with Crippen molar-refractivity contribution in [1.29, 1.82) is 0 Å². The number of nitrogens with zero attached hydrogens (tertiary/aromatic N) is 1. The Morgan fingerprint density at radius 1 is 1.25 bits per heavy atom. The van der Waals surface area contributed by atoms with Crippen molar-refractivity contribution in [1.82, 2.24) is 4.90 Å². The van der Waals surface area contributed by atoms with Crippen molar-refractivity contribution in [3.63, 3.8) is 0 Å². The summed E-state index contributed by atoms with van der Waals surface area (Å²) in [6.45, 7) is 4.58. The molecule has 3 fully saturated rings. The summed E-state index contributed by atoms with van der Waals surface area (Å²) in [7, 11) is 0. The molecule has 0 spiro atoms. The van der Waals surface area contributed by atoms with E-state index >= 15 is 0 Å². The van der Waals surface area contributed by atoms with Gasteiger partial charge in [-0.05, 0) is 38.8 Å². The number of likely N-dealkylation sites (tertiary alicyclic amines) is 1. The number of hydrogen-bond acceptors (Lipinski definition) is 4. The van der Waals surface area contributed by atoms with Crippen molar-refractivity contribution in [2.45, 2.75) is 57.9 Å². The van der Waals surface area contributed by atoms with E-state index in [-0.39, 0.29) is 35.4 Å². The lowest BCUT2D eigenvalue weighted by molar-refractivity contribution is -0.256. The van der Waals surface area contributed by atoms with Crippen molar-refractivity contribution in [3.05, 3.63) is 0 Å². The lowest BCUT2D eigenvalue weighted by atomic mass is 9.56. The monoisotopic (exact) mass is 349 g/mol. The van der Waals surface area contributed by atoms with Gasteiger partial charge < -0.3 is 9.47 Å². The summed E-state index contributed by atoms with van der Waals surface area (Å²) in [5.41, 5.74) is -0.183. The van der Waals surface area contributed by atoms with E-state index in [4.69, 9.17) is 9.47 Å². The quantitative estimate of drug-likeness (QED) is 0.734. The molecule has 2 heterocycles. The second-order valence-electron chi connectivity index (χ2n) is 7.94. The van der Waals surface area contributed by atoms with Gasteiger partial charge in [-0.3, -0.25) is 9.69 Å². The Morgan fingerprint density at radius 3 is 2.54 bits per heavy atom. The number of carbonyl (C=O) groups is 1. The van der Waals surface area contributed by atoms with Gasteiger partial charge in [0, 0.05) is 17.9 Å². The van der Waals surface area contributed by atoms with Gasteiger partial charge in [0.05, 0.1) is 18.6 Å². The van der Waals surface area contributed by atoms with Crippen molar-refractivity contribution in [2.75, 3.05) is 26.2 Å². The van der Waals surface area contributed by atoms with Crippen LogP contribution in [0.15, 0.2) is 0 Å². The molecule has 24 heavy (non-hydrogen) atoms. The first-order valence-corrected chi connectivity index (χ1v) is 8.79. The largest absolute Gasteiger partial charge is 0.461 e. The van der Waals surface area contributed by atoms with Crippen LogP contribution in [0.1, 0.15) is 39.5 Å². The number of fused-ring (bicyclic) bond motifs is 1. The molecule has 1 aliphatic carbocycles. The molecule has 0 amide bonds. The number of halogens is 3. The minimum atomic E-state index is -4.18. The highest BCUT2D eigenvalue weighted by Crippen LogP contribution is 2.53. The zero-order chi connectivity index (χ0) is 17.5. The first-order chi connectivity index (χ1) is 11.2. The average molecular weight is 349 g/mol. The van der Waals surface area contributed by atoms with Gasteiger partial charge in [-0.2, -0.15) is 13.2 Å². The van der Waals surface area contributed by atoms with Crippen LogP contribution in [0.25, 0.3) is 0 Å². The highest BCUT2D eigenvalue weighted by molar-refractivity contribution is 5.73. The van der Waals surface area contributed by atoms with Crippen LogP contribution in [0.3, 0.4) is 0 Å². The number of ether oxygens (including phenoxy) is 2. The molecular formula is C17H26F3NO3. The van der Waals surface area contributed by atoms with Crippen molar-refractivity contribution in [2.24, 2.45) is 17.3 Å². The fourth-order valence-corrected chi connectivity index (χ4v) is 4.52. The Morgan fingerprint density at radius 2 is 1.92 bits per heavy atom. The van der Waals surface area contributed by atoms with Gasteiger partial charge in [0.15, 0.2) is 0 Å². The minimum Gasteiger partial charge on any atom is -0.461 e. The fraction of sp³-hybridized carbons (Fsp3) is 0.941. The van der Waals surface area contributed by atoms with E-state index in [1.54, 1.807) is 0 Å². The summed E-state index contributed by atoms with van der Waals surface area (Å²) < 4.78 is 48.9. The first-order valence-electron chi connectivity index (χ1n) is 8.79. The second-order valence-corrected chi connectivity index (χ2v) is 7.94. The van der Waals surface area contributed by atoms with Gasteiger partial charge in [-0.25, -0.2) is 0 Å². The van der Waals surface area contributed by atoms with Crippen molar-refractivity contribution in [3.8, 4) is 0 Å². The number of alkyl halides is 3. The molecule has 3 rings (SSSR count). The van der Waals surface area contributed by atoms with Gasteiger partial charge in [0.2, 0.25) is 0 Å². The van der Waals surface area contributed by atoms with E-state index < -0.39 is 12.7 Å². The second kappa shape index (κ2) is 6.48. The third-order valence-electron chi connectivity index (χ3n) is 5.79. The Bertz CT molecular complexity index is 472. The summed E-state index contributed by atoms with van der Waals surface area (Å²) in [6.07, 6.45) is -1.29. The summed E-state index contributed by atoms with van der Waals surface area (Å²) in [5.74, 6) is -0.263. The molecule has 0 aromatic carbocycles. The Labute approximate surface area is 140 Å². The summed E-state index contributed by atoms with van der Waals surface area (Å²) in [4.78, 5) is 13.8. The zero-order valence-corrected chi connectivity index (χ0v) is 14.3. The zero-order valence-electron chi connectivity index (χ0n) is 14.3. The lowest BCUT2D eigenvalue weighted by Crippen LogP contribution is -2.65. The number of carbonyl (C=O) groups excluding carboxylic acids is 1. The maximum atomic E-state index is 12.5. The number of esters is 1. The van der Waals surface area contributed by atoms with Crippen LogP contribution in [0.2, 0.25) is 0 Å². The topological polar surface area (TPSA) is 38.8 Å². The van der Waals surface area contributed by atoms with Gasteiger partial charge in [0.25, 0.3) is 0 Å². The third kappa shape index (κ3) is 3.57. The Balaban J connectivity index is 1.50. The van der Waals surface area contributed by atoms with E-state index in [1.807, 2.05) is 0 Å². The smallest absolute Gasteiger partial charge is 0.401 e. The molecule has 0 bridgehead atoms. The van der Waals surface area contributed by atoms with E-state index in [1.165, 1.54) is 4.90 Å². The SMILES string of the molecule is CC1(C)[C@@H]2OCCC[C@@H]2[C@@H]1OC(=O)C1CCN(CC(F)(F)F)CC1. The summed E-state index contributed by atoms with van der Waals surface area (Å²) in [6, 6.07) is 0. The molecule has 0 N–H and O–H groups in total. The fourth-order valence-electron chi connectivity index (χ4n) is 4.52. The molecule has 2 saturated heterocycles. The van der Waals surface area contributed by atoms with E-state index in [0.29, 0.717) is 25.9 Å². The highest BCUT2D eigenvalue weighted by atomic mass is 19.4. The minimum absolute atomic E-state index is 0.136. The molecular weight excluding hydrogens is 323 g/mol. The standard InChI is InChI=1S/C17H26F3NO3/c1-16(2)13-12(4-3-9-23-13)14(16)24-15(22)11-5-7-21(8-6-11)10-17(18,19)20/h11-14H,3-10H2,1-2H3/t12-,13+,14-/m0/s1. The predicted octanol–water partition coefficient (Wildman–Crippen LogP) is 3.01. The predicted molar refractivity (Wildman–Crippen MR) is 81.3 cm³/mol. The lowest BCUT2D eigenvalue weighted by Gasteiger charge is -2.58. The van der Waals surface area contributed by atoms with Crippen LogP contribution >= 0.6 is 0 Å². The van der Waals surface area contributed by atoms with Crippen LogP contribution < -0.4 is 0 Å². The third-order valence-corrected chi connectivity index (χ3v) is 5.79. The number of rotatable bonds is 3. The van der Waals surface area contributed by atoms with Gasteiger partial charge in [-0.1, -0.05) is 13.8 Å². The average Bonchev–Trinajstić information content (AvgIpc) is 2.51. The maximum Gasteiger partial charge on any atom is 0.401 e. The van der Waals surface area contributed by atoms with Crippen LogP contribution in [0.4, 0.5) is 13.2 Å². The Kier molecular flexibility index (Phi) is 4.86. The van der Waals surface area contributed by atoms with Gasteiger partial charge in [-0.15, -0.1) is 0 Å². The van der Waals surface area contributed by atoms with Crippen LogP contribution in [-0.2, 0) is 14.3 Å². The molecule has 138 valence electrons. The molecule has 1 saturated carbocycles. The van der Waals surface area contributed by atoms with E-state index in [2.05, 4.69) is 13.8 Å². The van der Waals surface area contributed by atoms with E-state index in [0.717, 1.165) is 19.4 Å². The van der Waals surface area contributed by atoms with Crippen LogP contribution in [0.5, 0.6) is 0 Å².